The maximum absolute atomic E-state index is 11.5. The minimum absolute atomic E-state index is 0.356. The van der Waals surface area contributed by atoms with Crippen molar-refractivity contribution in [2.75, 3.05) is 7.11 Å². The Kier molecular flexibility index (Phi) is 4.68. The number of hydrogen-bond acceptors (Lipinski definition) is 4. The smallest absolute Gasteiger partial charge is 0.312 e. The van der Waals surface area contributed by atoms with Crippen LogP contribution >= 0.6 is 15.9 Å². The molecule has 1 aromatic heterocycles. The van der Waals surface area contributed by atoms with Gasteiger partial charge in [-0.1, -0.05) is 12.1 Å². The molecule has 0 amide bonds. The Morgan fingerprint density at radius 3 is 2.65 bits per heavy atom. The summed E-state index contributed by atoms with van der Waals surface area (Å²) in [5.74, 6) is -0.898. The van der Waals surface area contributed by atoms with Gasteiger partial charge in [-0.25, -0.2) is 9.97 Å². The third-order valence-corrected chi connectivity index (χ3v) is 3.53. The molecule has 1 unspecified atom stereocenters. The highest BCUT2D eigenvalue weighted by atomic mass is 79.9. The van der Waals surface area contributed by atoms with E-state index in [-0.39, 0.29) is 0 Å². The molecule has 20 heavy (non-hydrogen) atoms. The molecule has 0 saturated heterocycles. The fourth-order valence-corrected chi connectivity index (χ4v) is 2.37. The number of benzene rings is 1. The van der Waals surface area contributed by atoms with Gasteiger partial charge in [0.05, 0.1) is 17.3 Å². The standard InChI is InChI=1S/C14H13BrN2O3/c1-20-10-4-2-9(3-5-10)6-11(14(18)19)13-12(15)7-16-8-17-13/h2-5,7-8,11H,6H2,1H3,(H,18,19). The maximum atomic E-state index is 11.5. The van der Waals surface area contributed by atoms with Gasteiger partial charge in [-0.15, -0.1) is 0 Å². The van der Waals surface area contributed by atoms with Crippen molar-refractivity contribution >= 4 is 21.9 Å². The van der Waals surface area contributed by atoms with Crippen molar-refractivity contribution in [2.24, 2.45) is 0 Å². The number of carboxylic acid groups (broad SMARTS) is 1. The zero-order chi connectivity index (χ0) is 14.5. The molecular formula is C14H13BrN2O3. The highest BCUT2D eigenvalue weighted by Gasteiger charge is 2.24. The van der Waals surface area contributed by atoms with E-state index in [0.29, 0.717) is 16.6 Å². The average Bonchev–Trinajstić information content (AvgIpc) is 2.46. The Labute approximate surface area is 124 Å². The molecule has 0 bridgehead atoms. The summed E-state index contributed by atoms with van der Waals surface area (Å²) < 4.78 is 5.68. The monoisotopic (exact) mass is 336 g/mol. The van der Waals surface area contributed by atoms with Crippen molar-refractivity contribution < 1.29 is 14.6 Å². The van der Waals surface area contributed by atoms with Gasteiger partial charge in [0, 0.05) is 6.20 Å². The first kappa shape index (κ1) is 14.5. The summed E-state index contributed by atoms with van der Waals surface area (Å²) in [5.41, 5.74) is 1.38. The van der Waals surface area contributed by atoms with E-state index in [9.17, 15) is 9.90 Å². The van der Waals surface area contributed by atoms with Gasteiger partial charge in [0.15, 0.2) is 0 Å². The van der Waals surface area contributed by atoms with Gasteiger partial charge in [-0.05, 0) is 40.0 Å². The summed E-state index contributed by atoms with van der Waals surface area (Å²) in [6.45, 7) is 0. The Hall–Kier alpha value is -1.95. The SMILES string of the molecule is COc1ccc(CC(C(=O)O)c2ncncc2Br)cc1. The minimum Gasteiger partial charge on any atom is -0.497 e. The predicted molar refractivity (Wildman–Crippen MR) is 76.8 cm³/mol. The van der Waals surface area contributed by atoms with Gasteiger partial charge < -0.3 is 9.84 Å². The fraction of sp³-hybridized carbons (Fsp3) is 0.214. The first-order valence-corrected chi connectivity index (χ1v) is 6.72. The molecule has 0 aliphatic heterocycles. The van der Waals surface area contributed by atoms with Crippen LogP contribution < -0.4 is 4.74 Å². The van der Waals surface area contributed by atoms with Crippen molar-refractivity contribution in [3.63, 3.8) is 0 Å². The molecule has 0 radical (unpaired) electrons. The van der Waals surface area contributed by atoms with Gasteiger partial charge in [-0.2, -0.15) is 0 Å². The molecule has 5 nitrogen and oxygen atoms in total. The number of hydrogen-bond donors (Lipinski definition) is 1. The van der Waals surface area contributed by atoms with Gasteiger partial charge in [0.2, 0.25) is 0 Å². The third kappa shape index (κ3) is 3.33. The number of methoxy groups -OCH3 is 1. The summed E-state index contributed by atoms with van der Waals surface area (Å²) >= 11 is 3.29. The molecule has 0 aliphatic rings. The Balaban J connectivity index is 2.26. The van der Waals surface area contributed by atoms with E-state index in [1.165, 1.54) is 6.33 Å². The van der Waals surface area contributed by atoms with Crippen LogP contribution in [-0.4, -0.2) is 28.2 Å². The van der Waals surface area contributed by atoms with Crippen molar-refractivity contribution in [1.29, 1.82) is 0 Å². The number of aromatic nitrogens is 2. The van der Waals surface area contributed by atoms with Crippen molar-refractivity contribution in [1.82, 2.24) is 9.97 Å². The zero-order valence-corrected chi connectivity index (χ0v) is 12.4. The normalized spacial score (nSPS) is 11.9. The van der Waals surface area contributed by atoms with E-state index in [1.807, 2.05) is 24.3 Å². The molecule has 2 rings (SSSR count). The highest BCUT2D eigenvalue weighted by Crippen LogP contribution is 2.26. The van der Waals surface area contributed by atoms with E-state index >= 15 is 0 Å². The lowest BCUT2D eigenvalue weighted by Crippen LogP contribution is -2.16. The molecule has 1 atom stereocenters. The molecule has 6 heteroatoms. The van der Waals surface area contributed by atoms with Gasteiger partial charge in [0.1, 0.15) is 18.0 Å². The lowest BCUT2D eigenvalue weighted by molar-refractivity contribution is -0.138. The number of nitrogens with zero attached hydrogens (tertiary/aromatic N) is 2. The first-order valence-electron chi connectivity index (χ1n) is 5.93. The van der Waals surface area contributed by atoms with Crippen LogP contribution in [0.25, 0.3) is 0 Å². The van der Waals surface area contributed by atoms with Crippen LogP contribution in [0.1, 0.15) is 17.2 Å². The molecule has 0 spiro atoms. The molecule has 1 heterocycles. The second-order valence-corrected chi connectivity index (χ2v) is 5.05. The quantitative estimate of drug-likeness (QED) is 0.908. The molecule has 0 saturated carbocycles. The molecule has 1 N–H and O–H groups in total. The number of rotatable bonds is 5. The molecule has 0 fully saturated rings. The maximum Gasteiger partial charge on any atom is 0.312 e. The van der Waals surface area contributed by atoms with E-state index in [2.05, 4.69) is 25.9 Å². The number of carboxylic acids is 1. The minimum atomic E-state index is -0.916. The summed E-state index contributed by atoms with van der Waals surface area (Å²) in [5, 5.41) is 9.41. The summed E-state index contributed by atoms with van der Waals surface area (Å²) in [6, 6.07) is 7.32. The van der Waals surface area contributed by atoms with Crippen LogP contribution in [0.2, 0.25) is 0 Å². The van der Waals surface area contributed by atoms with Gasteiger partial charge in [0.25, 0.3) is 0 Å². The second kappa shape index (κ2) is 6.47. The molecular weight excluding hydrogens is 324 g/mol. The molecule has 2 aromatic rings. The lowest BCUT2D eigenvalue weighted by atomic mass is 9.96. The summed E-state index contributed by atoms with van der Waals surface area (Å²) in [4.78, 5) is 19.4. The largest absolute Gasteiger partial charge is 0.497 e. The first-order chi connectivity index (χ1) is 9.61. The van der Waals surface area contributed by atoms with Gasteiger partial charge in [-0.3, -0.25) is 4.79 Å². The zero-order valence-electron chi connectivity index (χ0n) is 10.8. The number of ether oxygens (including phenoxy) is 1. The molecule has 104 valence electrons. The Morgan fingerprint density at radius 1 is 1.40 bits per heavy atom. The topological polar surface area (TPSA) is 72.3 Å². The number of carbonyl (C=O) groups is 1. The average molecular weight is 337 g/mol. The highest BCUT2D eigenvalue weighted by molar-refractivity contribution is 9.10. The van der Waals surface area contributed by atoms with Crippen LogP contribution in [0.4, 0.5) is 0 Å². The van der Waals surface area contributed by atoms with Crippen LogP contribution in [0.5, 0.6) is 5.75 Å². The van der Waals surface area contributed by atoms with Crippen molar-refractivity contribution in [3.8, 4) is 5.75 Å². The van der Waals surface area contributed by atoms with Crippen molar-refractivity contribution in [2.45, 2.75) is 12.3 Å². The fourth-order valence-electron chi connectivity index (χ4n) is 1.88. The third-order valence-electron chi connectivity index (χ3n) is 2.92. The summed E-state index contributed by atoms with van der Waals surface area (Å²) in [6.07, 6.45) is 3.26. The second-order valence-electron chi connectivity index (χ2n) is 4.20. The Morgan fingerprint density at radius 2 is 2.10 bits per heavy atom. The van der Waals surface area contributed by atoms with Gasteiger partial charge >= 0.3 is 5.97 Å². The lowest BCUT2D eigenvalue weighted by Gasteiger charge is -2.13. The van der Waals surface area contributed by atoms with E-state index in [4.69, 9.17) is 4.74 Å². The predicted octanol–water partition coefficient (Wildman–Crippen LogP) is 2.66. The molecule has 0 aliphatic carbocycles. The number of aliphatic carboxylic acids is 1. The Bertz CT molecular complexity index is 602. The molecule has 1 aromatic carbocycles. The van der Waals surface area contributed by atoms with Crippen LogP contribution in [-0.2, 0) is 11.2 Å². The van der Waals surface area contributed by atoms with Crippen molar-refractivity contribution in [3.05, 3.63) is 52.5 Å². The van der Waals surface area contributed by atoms with E-state index in [1.54, 1.807) is 13.3 Å². The van der Waals surface area contributed by atoms with E-state index < -0.39 is 11.9 Å². The number of halogens is 1. The van der Waals surface area contributed by atoms with Crippen LogP contribution in [0.15, 0.2) is 41.3 Å². The van der Waals surface area contributed by atoms with E-state index in [0.717, 1.165) is 11.3 Å². The van der Waals surface area contributed by atoms with Crippen LogP contribution in [0.3, 0.4) is 0 Å². The van der Waals surface area contributed by atoms with Crippen LogP contribution in [0, 0.1) is 0 Å². The summed E-state index contributed by atoms with van der Waals surface area (Å²) in [7, 11) is 1.59.